The summed E-state index contributed by atoms with van der Waals surface area (Å²) < 4.78 is 5.39. The first-order chi connectivity index (χ1) is 19.4. The predicted molar refractivity (Wildman–Crippen MR) is 160 cm³/mol. The second-order valence-corrected chi connectivity index (χ2v) is 11.1. The SMILES string of the molecule is CCCCCN(C(=O)C(CCC(N)=O)NC(=O)OC(C)(C)C)C(C(=O)NCc1ccccc1)c1ccc(CC)cc1. The van der Waals surface area contributed by atoms with Crippen LogP contribution < -0.4 is 16.4 Å². The van der Waals surface area contributed by atoms with Gasteiger partial charge in [0.15, 0.2) is 0 Å². The van der Waals surface area contributed by atoms with Gasteiger partial charge in [0.05, 0.1) is 0 Å². The minimum Gasteiger partial charge on any atom is -0.444 e. The molecule has 0 aromatic heterocycles. The van der Waals surface area contributed by atoms with Crippen LogP contribution in [0.2, 0.25) is 0 Å². The number of nitrogens with one attached hydrogen (secondary N) is 2. The lowest BCUT2D eigenvalue weighted by Crippen LogP contribution is -2.53. The fourth-order valence-electron chi connectivity index (χ4n) is 4.38. The van der Waals surface area contributed by atoms with Crippen molar-refractivity contribution in [2.75, 3.05) is 6.54 Å². The van der Waals surface area contributed by atoms with Crippen molar-refractivity contribution < 1.29 is 23.9 Å². The standard InChI is InChI=1S/C32H46N4O5/c1-6-8-12-21-36(30(39)26(19-20-27(33)37)35-31(40)41-32(3,4)5)28(25-17-15-23(7-2)16-18-25)29(38)34-22-24-13-10-9-11-14-24/h9-11,13-18,26,28H,6-8,12,19-22H2,1-5H3,(H2,33,37)(H,34,38)(H,35,40). The Labute approximate surface area is 244 Å². The molecule has 4 amide bonds. The predicted octanol–water partition coefficient (Wildman–Crippen LogP) is 4.78. The first kappa shape index (κ1) is 33.3. The monoisotopic (exact) mass is 566 g/mol. The summed E-state index contributed by atoms with van der Waals surface area (Å²) in [5, 5.41) is 5.62. The molecule has 2 atom stereocenters. The first-order valence-corrected chi connectivity index (χ1v) is 14.4. The second kappa shape index (κ2) is 16.4. The van der Waals surface area contributed by atoms with E-state index in [1.807, 2.05) is 61.5 Å². The molecule has 2 aromatic carbocycles. The van der Waals surface area contributed by atoms with Crippen LogP contribution in [-0.2, 0) is 32.1 Å². The topological polar surface area (TPSA) is 131 Å². The molecule has 224 valence electrons. The van der Waals surface area contributed by atoms with Gasteiger partial charge in [-0.05, 0) is 56.7 Å². The Morgan fingerprint density at radius 1 is 0.927 bits per heavy atom. The number of ether oxygens (including phenoxy) is 1. The summed E-state index contributed by atoms with van der Waals surface area (Å²) in [4.78, 5) is 53.9. The van der Waals surface area contributed by atoms with Crippen LogP contribution in [0, 0.1) is 0 Å². The van der Waals surface area contributed by atoms with Crippen LogP contribution in [0.3, 0.4) is 0 Å². The fourth-order valence-corrected chi connectivity index (χ4v) is 4.38. The summed E-state index contributed by atoms with van der Waals surface area (Å²) in [6.45, 7) is 9.84. The summed E-state index contributed by atoms with van der Waals surface area (Å²) in [6.07, 6.45) is 2.33. The molecule has 2 unspecified atom stereocenters. The van der Waals surface area contributed by atoms with Crippen molar-refractivity contribution in [2.24, 2.45) is 5.73 Å². The van der Waals surface area contributed by atoms with Gasteiger partial charge >= 0.3 is 6.09 Å². The van der Waals surface area contributed by atoms with Crippen molar-refractivity contribution in [1.29, 1.82) is 0 Å². The Balaban J connectivity index is 2.49. The highest BCUT2D eigenvalue weighted by Crippen LogP contribution is 2.25. The molecule has 0 spiro atoms. The molecule has 4 N–H and O–H groups in total. The molecular formula is C32H46N4O5. The number of amides is 4. The Hall–Kier alpha value is -3.88. The van der Waals surface area contributed by atoms with Crippen LogP contribution in [0.15, 0.2) is 54.6 Å². The van der Waals surface area contributed by atoms with Gasteiger partial charge in [-0.15, -0.1) is 0 Å². The van der Waals surface area contributed by atoms with Crippen LogP contribution in [0.25, 0.3) is 0 Å². The van der Waals surface area contributed by atoms with Crippen molar-refractivity contribution in [3.63, 3.8) is 0 Å². The molecule has 41 heavy (non-hydrogen) atoms. The van der Waals surface area contributed by atoms with Crippen LogP contribution in [0.5, 0.6) is 0 Å². The maximum atomic E-state index is 14.2. The van der Waals surface area contributed by atoms with Crippen molar-refractivity contribution in [1.82, 2.24) is 15.5 Å². The number of aryl methyl sites for hydroxylation is 1. The average Bonchev–Trinajstić information content (AvgIpc) is 2.93. The van der Waals surface area contributed by atoms with Gasteiger partial charge in [0.25, 0.3) is 0 Å². The Bertz CT molecular complexity index is 1130. The maximum absolute atomic E-state index is 14.2. The summed E-state index contributed by atoms with van der Waals surface area (Å²) in [6, 6.07) is 15.1. The smallest absolute Gasteiger partial charge is 0.408 e. The van der Waals surface area contributed by atoms with Crippen molar-refractivity contribution >= 4 is 23.8 Å². The fraction of sp³-hybridized carbons (Fsp3) is 0.500. The third kappa shape index (κ3) is 11.6. The van der Waals surface area contributed by atoms with Gasteiger partial charge in [0.1, 0.15) is 17.7 Å². The number of nitrogens with two attached hydrogens (primary N) is 1. The number of primary amides is 1. The lowest BCUT2D eigenvalue weighted by molar-refractivity contribution is -0.143. The molecule has 0 radical (unpaired) electrons. The average molecular weight is 567 g/mol. The van der Waals surface area contributed by atoms with E-state index in [0.29, 0.717) is 18.5 Å². The number of unbranched alkanes of at least 4 members (excludes halogenated alkanes) is 2. The van der Waals surface area contributed by atoms with E-state index in [-0.39, 0.29) is 25.3 Å². The zero-order valence-electron chi connectivity index (χ0n) is 25.1. The van der Waals surface area contributed by atoms with E-state index in [2.05, 4.69) is 17.6 Å². The van der Waals surface area contributed by atoms with E-state index < -0.39 is 35.6 Å². The highest BCUT2D eigenvalue weighted by Gasteiger charge is 2.36. The van der Waals surface area contributed by atoms with E-state index in [4.69, 9.17) is 10.5 Å². The van der Waals surface area contributed by atoms with Gasteiger partial charge < -0.3 is 26.0 Å². The lowest BCUT2D eigenvalue weighted by atomic mass is 9.99. The van der Waals surface area contributed by atoms with E-state index in [0.717, 1.165) is 30.4 Å². The van der Waals surface area contributed by atoms with Gasteiger partial charge in [-0.2, -0.15) is 0 Å². The number of carbonyl (C=O) groups excluding carboxylic acids is 4. The number of nitrogens with zero attached hydrogens (tertiary/aromatic N) is 1. The number of hydrogen-bond acceptors (Lipinski definition) is 5. The van der Waals surface area contributed by atoms with Crippen molar-refractivity contribution in [3.8, 4) is 0 Å². The molecule has 0 fully saturated rings. The molecule has 2 aromatic rings. The quantitative estimate of drug-likeness (QED) is 0.267. The number of hydrogen-bond donors (Lipinski definition) is 3. The van der Waals surface area contributed by atoms with Crippen LogP contribution in [-0.4, -0.2) is 46.9 Å². The van der Waals surface area contributed by atoms with E-state index >= 15 is 0 Å². The third-order valence-corrected chi connectivity index (χ3v) is 6.53. The van der Waals surface area contributed by atoms with E-state index in [9.17, 15) is 19.2 Å². The zero-order chi connectivity index (χ0) is 30.4. The number of alkyl carbamates (subject to hydrolysis) is 1. The number of benzene rings is 2. The van der Waals surface area contributed by atoms with Gasteiger partial charge in [-0.3, -0.25) is 14.4 Å². The molecule has 9 heteroatoms. The van der Waals surface area contributed by atoms with Gasteiger partial charge in [-0.25, -0.2) is 4.79 Å². The van der Waals surface area contributed by atoms with Crippen LogP contribution >= 0.6 is 0 Å². The molecule has 0 saturated heterocycles. The molecule has 9 nitrogen and oxygen atoms in total. The molecule has 0 heterocycles. The van der Waals surface area contributed by atoms with Gasteiger partial charge in [0.2, 0.25) is 17.7 Å². The molecule has 0 aliphatic heterocycles. The summed E-state index contributed by atoms with van der Waals surface area (Å²) in [5.74, 6) is -1.42. The molecule has 0 saturated carbocycles. The zero-order valence-corrected chi connectivity index (χ0v) is 25.1. The minimum absolute atomic E-state index is 0.0230. The highest BCUT2D eigenvalue weighted by molar-refractivity contribution is 5.92. The molecule has 0 aliphatic rings. The molecule has 2 rings (SSSR count). The van der Waals surface area contributed by atoms with Crippen LogP contribution in [0.4, 0.5) is 4.79 Å². The maximum Gasteiger partial charge on any atom is 0.408 e. The highest BCUT2D eigenvalue weighted by atomic mass is 16.6. The van der Waals surface area contributed by atoms with Crippen molar-refractivity contribution in [3.05, 3.63) is 71.3 Å². The Morgan fingerprint density at radius 2 is 1.59 bits per heavy atom. The van der Waals surface area contributed by atoms with Crippen molar-refractivity contribution in [2.45, 2.75) is 97.4 Å². The lowest BCUT2D eigenvalue weighted by Gasteiger charge is -2.34. The number of rotatable bonds is 15. The molecular weight excluding hydrogens is 520 g/mol. The largest absolute Gasteiger partial charge is 0.444 e. The van der Waals surface area contributed by atoms with E-state index in [1.165, 1.54) is 4.90 Å². The van der Waals surface area contributed by atoms with Gasteiger partial charge in [-0.1, -0.05) is 81.3 Å². The summed E-state index contributed by atoms with van der Waals surface area (Å²) in [5.41, 5.74) is 7.29. The van der Waals surface area contributed by atoms with E-state index in [1.54, 1.807) is 20.8 Å². The number of carbonyl (C=O) groups is 4. The second-order valence-electron chi connectivity index (χ2n) is 11.1. The van der Waals surface area contributed by atoms with Crippen LogP contribution in [0.1, 0.15) is 89.5 Å². The Morgan fingerprint density at radius 3 is 2.15 bits per heavy atom. The molecule has 0 aliphatic carbocycles. The first-order valence-electron chi connectivity index (χ1n) is 14.4. The minimum atomic E-state index is -1.11. The normalized spacial score (nSPS) is 12.6. The third-order valence-electron chi connectivity index (χ3n) is 6.53. The van der Waals surface area contributed by atoms with Gasteiger partial charge in [0, 0.05) is 19.5 Å². The Kier molecular flexibility index (Phi) is 13.3. The summed E-state index contributed by atoms with van der Waals surface area (Å²) >= 11 is 0. The summed E-state index contributed by atoms with van der Waals surface area (Å²) in [7, 11) is 0. The molecule has 0 bridgehead atoms.